The molecule has 0 spiro atoms. The molecule has 0 aliphatic heterocycles. The van der Waals surface area contributed by atoms with Crippen molar-refractivity contribution in [3.05, 3.63) is 82.3 Å². The van der Waals surface area contributed by atoms with Gasteiger partial charge in [0.1, 0.15) is 5.75 Å². The van der Waals surface area contributed by atoms with E-state index in [0.29, 0.717) is 29.4 Å². The third-order valence-corrected chi connectivity index (χ3v) is 5.11. The van der Waals surface area contributed by atoms with Crippen molar-refractivity contribution in [3.63, 3.8) is 0 Å². The molecule has 0 bridgehead atoms. The molecular weight excluding hydrogens is 514 g/mol. The summed E-state index contributed by atoms with van der Waals surface area (Å²) in [6.07, 6.45) is 1.48. The highest BCUT2D eigenvalue weighted by Gasteiger charge is 2.10. The number of carbonyl (C=O) groups excluding carboxylic acids is 2. The Hall–Kier alpha value is -3.85. The highest BCUT2D eigenvalue weighted by atomic mass is 79.9. The van der Waals surface area contributed by atoms with E-state index in [0.717, 1.165) is 15.7 Å². The lowest BCUT2D eigenvalue weighted by Gasteiger charge is -2.13. The molecule has 8 nitrogen and oxygen atoms in total. The number of rotatable bonds is 11. The molecule has 0 saturated heterocycles. The Balaban J connectivity index is 1.53. The number of amides is 2. The van der Waals surface area contributed by atoms with Crippen LogP contribution in [0.5, 0.6) is 17.2 Å². The Kier molecular flexibility index (Phi) is 9.68. The predicted octanol–water partition coefficient (Wildman–Crippen LogP) is 4.70. The van der Waals surface area contributed by atoms with E-state index in [1.54, 1.807) is 30.3 Å². The molecule has 3 aromatic rings. The van der Waals surface area contributed by atoms with Crippen molar-refractivity contribution >= 4 is 39.6 Å². The Morgan fingerprint density at radius 3 is 2.49 bits per heavy atom. The van der Waals surface area contributed by atoms with E-state index in [-0.39, 0.29) is 19.1 Å². The molecule has 3 rings (SSSR count). The minimum Gasteiger partial charge on any atom is -0.490 e. The zero-order valence-electron chi connectivity index (χ0n) is 19.4. The van der Waals surface area contributed by atoms with Crippen molar-refractivity contribution in [3.8, 4) is 17.2 Å². The molecule has 0 aliphatic rings. The number of hydrogen-bond donors (Lipinski definition) is 2. The molecule has 3 aromatic carbocycles. The van der Waals surface area contributed by atoms with Crippen LogP contribution < -0.4 is 25.0 Å². The summed E-state index contributed by atoms with van der Waals surface area (Å²) in [5.74, 6) is 0.786. The van der Waals surface area contributed by atoms with Crippen LogP contribution >= 0.6 is 15.9 Å². The molecule has 0 atom stereocenters. The Morgan fingerprint density at radius 1 is 0.914 bits per heavy atom. The monoisotopic (exact) mass is 539 g/mol. The van der Waals surface area contributed by atoms with Crippen LogP contribution in [0.4, 0.5) is 5.69 Å². The number of nitrogens with one attached hydrogen (secondary N) is 2. The van der Waals surface area contributed by atoms with E-state index in [9.17, 15) is 9.59 Å². The van der Waals surface area contributed by atoms with Crippen LogP contribution in [-0.4, -0.2) is 37.8 Å². The number of nitrogens with zero attached hydrogens (tertiary/aromatic N) is 1. The number of aryl methyl sites for hydroxylation is 1. The van der Waals surface area contributed by atoms with Crippen molar-refractivity contribution < 1.29 is 23.8 Å². The molecule has 2 N–H and O–H groups in total. The lowest BCUT2D eigenvalue weighted by molar-refractivity contribution is -0.123. The second kappa shape index (κ2) is 13.1. The summed E-state index contributed by atoms with van der Waals surface area (Å²) in [5, 5.41) is 6.78. The van der Waals surface area contributed by atoms with E-state index in [4.69, 9.17) is 14.2 Å². The summed E-state index contributed by atoms with van der Waals surface area (Å²) in [7, 11) is 0. The van der Waals surface area contributed by atoms with E-state index in [2.05, 4.69) is 31.8 Å². The second-order valence-electron chi connectivity index (χ2n) is 7.33. The normalized spacial score (nSPS) is 10.6. The predicted molar refractivity (Wildman–Crippen MR) is 138 cm³/mol. The van der Waals surface area contributed by atoms with Crippen LogP contribution in [0.3, 0.4) is 0 Å². The molecule has 0 aromatic heterocycles. The summed E-state index contributed by atoms with van der Waals surface area (Å²) in [6, 6.07) is 19.9. The number of benzene rings is 3. The molecule has 0 fully saturated rings. The van der Waals surface area contributed by atoms with Gasteiger partial charge in [-0.25, -0.2) is 5.43 Å². The average molecular weight is 540 g/mol. The van der Waals surface area contributed by atoms with Gasteiger partial charge in [-0.15, -0.1) is 0 Å². The standard InChI is InChI=1S/C26H26BrN3O5/c1-3-33-24-13-19(15-28-30-26(32)17-34-21-9-6-8-20(27)14-21)11-12-23(24)35-16-25(31)29-22-10-5-4-7-18(22)2/h4-15H,3,16-17H2,1-2H3,(H,29,31)(H,30,32)/b28-15+. The van der Waals surface area contributed by atoms with Crippen molar-refractivity contribution in [2.75, 3.05) is 25.1 Å². The lowest BCUT2D eigenvalue weighted by atomic mass is 10.2. The van der Waals surface area contributed by atoms with Gasteiger partial charge >= 0.3 is 0 Å². The highest BCUT2D eigenvalue weighted by Crippen LogP contribution is 2.28. The maximum atomic E-state index is 12.3. The van der Waals surface area contributed by atoms with Crippen LogP contribution in [0.2, 0.25) is 0 Å². The maximum Gasteiger partial charge on any atom is 0.277 e. The third-order valence-electron chi connectivity index (χ3n) is 4.61. The zero-order valence-corrected chi connectivity index (χ0v) is 21.0. The van der Waals surface area contributed by atoms with Crippen LogP contribution in [0.1, 0.15) is 18.1 Å². The minimum absolute atomic E-state index is 0.171. The van der Waals surface area contributed by atoms with Crippen LogP contribution in [0, 0.1) is 6.92 Å². The first kappa shape index (κ1) is 25.8. The van der Waals surface area contributed by atoms with E-state index >= 15 is 0 Å². The molecule has 182 valence electrons. The van der Waals surface area contributed by atoms with Crippen LogP contribution in [0.15, 0.2) is 76.3 Å². The van der Waals surface area contributed by atoms with Crippen LogP contribution in [0.25, 0.3) is 0 Å². The van der Waals surface area contributed by atoms with Gasteiger partial charge in [-0.1, -0.05) is 40.2 Å². The number of para-hydroxylation sites is 1. The first-order valence-corrected chi connectivity index (χ1v) is 11.7. The van der Waals surface area contributed by atoms with Crippen molar-refractivity contribution in [1.82, 2.24) is 5.43 Å². The van der Waals surface area contributed by atoms with Gasteiger partial charge in [-0.2, -0.15) is 5.10 Å². The van der Waals surface area contributed by atoms with Gasteiger partial charge in [0.05, 0.1) is 12.8 Å². The van der Waals surface area contributed by atoms with Gasteiger partial charge in [-0.3, -0.25) is 9.59 Å². The molecule has 0 unspecified atom stereocenters. The fraction of sp³-hybridized carbons (Fsp3) is 0.192. The summed E-state index contributed by atoms with van der Waals surface area (Å²) >= 11 is 3.35. The quantitative estimate of drug-likeness (QED) is 0.272. The second-order valence-corrected chi connectivity index (χ2v) is 8.25. The Bertz CT molecular complexity index is 1200. The van der Waals surface area contributed by atoms with Gasteiger partial charge in [0.15, 0.2) is 24.7 Å². The number of ether oxygens (including phenoxy) is 3. The highest BCUT2D eigenvalue weighted by molar-refractivity contribution is 9.10. The lowest BCUT2D eigenvalue weighted by Crippen LogP contribution is -2.24. The molecule has 0 heterocycles. The number of hydrogen-bond acceptors (Lipinski definition) is 6. The number of hydrazone groups is 1. The Morgan fingerprint density at radius 2 is 1.71 bits per heavy atom. The van der Waals surface area contributed by atoms with E-state index < -0.39 is 5.91 Å². The van der Waals surface area contributed by atoms with Gasteiger partial charge < -0.3 is 19.5 Å². The third kappa shape index (κ3) is 8.46. The van der Waals surface area contributed by atoms with E-state index in [1.807, 2.05) is 50.2 Å². The zero-order chi connectivity index (χ0) is 25.0. The van der Waals surface area contributed by atoms with Gasteiger partial charge in [-0.05, 0) is 67.4 Å². The summed E-state index contributed by atoms with van der Waals surface area (Å²) < 4.78 is 17.6. The fourth-order valence-electron chi connectivity index (χ4n) is 2.95. The fourth-order valence-corrected chi connectivity index (χ4v) is 3.33. The molecular formula is C26H26BrN3O5. The topological polar surface area (TPSA) is 98.2 Å². The largest absolute Gasteiger partial charge is 0.490 e. The van der Waals surface area contributed by atoms with Crippen LogP contribution in [-0.2, 0) is 9.59 Å². The SMILES string of the molecule is CCOc1cc(/C=N/NC(=O)COc2cccc(Br)c2)ccc1OCC(=O)Nc1ccccc1C. The number of carbonyl (C=O) groups is 2. The van der Waals surface area contributed by atoms with Crippen molar-refractivity contribution in [1.29, 1.82) is 0 Å². The van der Waals surface area contributed by atoms with Crippen molar-refractivity contribution in [2.24, 2.45) is 5.10 Å². The number of halogens is 1. The Labute approximate surface area is 212 Å². The molecule has 0 saturated carbocycles. The smallest absolute Gasteiger partial charge is 0.277 e. The molecule has 0 aliphatic carbocycles. The minimum atomic E-state index is -0.397. The average Bonchev–Trinajstić information content (AvgIpc) is 2.84. The molecule has 2 amide bonds. The maximum absolute atomic E-state index is 12.3. The van der Waals surface area contributed by atoms with Gasteiger partial charge in [0, 0.05) is 10.2 Å². The summed E-state index contributed by atoms with van der Waals surface area (Å²) in [5.41, 5.74) is 4.80. The summed E-state index contributed by atoms with van der Waals surface area (Å²) in [6.45, 7) is 3.84. The van der Waals surface area contributed by atoms with E-state index in [1.165, 1.54) is 6.21 Å². The number of anilines is 1. The van der Waals surface area contributed by atoms with Crippen molar-refractivity contribution in [2.45, 2.75) is 13.8 Å². The summed E-state index contributed by atoms with van der Waals surface area (Å²) in [4.78, 5) is 24.3. The first-order chi connectivity index (χ1) is 16.9. The molecule has 9 heteroatoms. The molecule has 0 radical (unpaired) electrons. The van der Waals surface area contributed by atoms with Gasteiger partial charge in [0.2, 0.25) is 0 Å². The molecule has 35 heavy (non-hydrogen) atoms. The van der Waals surface area contributed by atoms with Gasteiger partial charge in [0.25, 0.3) is 11.8 Å². The first-order valence-electron chi connectivity index (χ1n) is 10.9.